The number of hydrogen-bond acceptors (Lipinski definition) is 2. The summed E-state index contributed by atoms with van der Waals surface area (Å²) >= 11 is 0. The summed E-state index contributed by atoms with van der Waals surface area (Å²) in [6.07, 6.45) is 9.36. The van der Waals surface area contributed by atoms with Gasteiger partial charge < -0.3 is 5.32 Å². The lowest BCUT2D eigenvalue weighted by molar-refractivity contribution is -0.129. The van der Waals surface area contributed by atoms with Gasteiger partial charge in [-0.15, -0.1) is 0 Å². The fourth-order valence-electron chi connectivity index (χ4n) is 5.87. The van der Waals surface area contributed by atoms with Crippen LogP contribution in [-0.4, -0.2) is 17.4 Å². The minimum Gasteiger partial charge on any atom is -0.303 e. The third-order valence-electron chi connectivity index (χ3n) is 7.10. The molecule has 2 fully saturated rings. The largest absolute Gasteiger partial charge is 0.303 e. The van der Waals surface area contributed by atoms with E-state index in [2.05, 4.69) is 60.7 Å². The Morgan fingerprint density at radius 3 is 1.85 bits per heavy atom. The van der Waals surface area contributed by atoms with Crippen molar-refractivity contribution in [1.29, 1.82) is 0 Å². The average Bonchev–Trinajstić information content (AvgIpc) is 2.92. The standard InChI is InChI=1S/C23H43NO.CH4/c1-16-13-18(14-17(2)23(16)11-9-10-12-23)15-19(24-22(6,7)8)20(25)21(3,4)5;/h16-19,24H,9-15H2,1-8H3;1H4. The zero-order chi connectivity index (χ0) is 19.0. The number of rotatable bonds is 4. The van der Waals surface area contributed by atoms with Gasteiger partial charge in [-0.3, -0.25) is 4.79 Å². The Morgan fingerprint density at radius 2 is 1.46 bits per heavy atom. The van der Waals surface area contributed by atoms with E-state index in [4.69, 9.17) is 0 Å². The molecule has 1 spiro atoms. The third-order valence-corrected chi connectivity index (χ3v) is 7.10. The molecule has 2 nitrogen and oxygen atoms in total. The fraction of sp³-hybridized carbons (Fsp3) is 0.958. The molecule has 0 heterocycles. The molecule has 0 saturated heterocycles. The topological polar surface area (TPSA) is 29.1 Å². The van der Waals surface area contributed by atoms with Gasteiger partial charge in [0, 0.05) is 11.0 Å². The van der Waals surface area contributed by atoms with Gasteiger partial charge in [-0.05, 0) is 76.0 Å². The summed E-state index contributed by atoms with van der Waals surface area (Å²) in [6, 6.07) is -0.0120. The molecular formula is C24H47NO. The molecule has 0 bridgehead atoms. The van der Waals surface area contributed by atoms with E-state index in [0.29, 0.717) is 17.1 Å². The molecule has 2 heteroatoms. The van der Waals surface area contributed by atoms with E-state index < -0.39 is 0 Å². The summed E-state index contributed by atoms with van der Waals surface area (Å²) in [5.74, 6) is 2.68. The van der Waals surface area contributed by atoms with Gasteiger partial charge in [-0.2, -0.15) is 0 Å². The molecule has 3 unspecified atom stereocenters. The number of carbonyl (C=O) groups excluding carboxylic acids is 1. The number of carbonyl (C=O) groups is 1. The highest BCUT2D eigenvalue weighted by Crippen LogP contribution is 2.57. The van der Waals surface area contributed by atoms with Gasteiger partial charge in [-0.25, -0.2) is 0 Å². The zero-order valence-electron chi connectivity index (χ0n) is 18.2. The van der Waals surface area contributed by atoms with E-state index in [0.717, 1.165) is 18.3 Å². The van der Waals surface area contributed by atoms with E-state index in [9.17, 15) is 4.79 Å². The number of hydrogen-bond donors (Lipinski definition) is 1. The Balaban J connectivity index is 0.00000338. The molecule has 3 atom stereocenters. The minimum absolute atomic E-state index is 0. The van der Waals surface area contributed by atoms with Crippen LogP contribution < -0.4 is 5.32 Å². The van der Waals surface area contributed by atoms with Gasteiger partial charge in [0.1, 0.15) is 0 Å². The van der Waals surface area contributed by atoms with E-state index in [1.165, 1.54) is 38.5 Å². The Bertz CT molecular complexity index is 448. The summed E-state index contributed by atoms with van der Waals surface area (Å²) in [4.78, 5) is 13.1. The molecule has 2 saturated carbocycles. The van der Waals surface area contributed by atoms with E-state index >= 15 is 0 Å². The average molecular weight is 366 g/mol. The maximum Gasteiger partial charge on any atom is 0.155 e. The van der Waals surface area contributed by atoms with Crippen molar-refractivity contribution in [3.63, 3.8) is 0 Å². The summed E-state index contributed by atoms with van der Waals surface area (Å²) in [6.45, 7) is 17.7. The van der Waals surface area contributed by atoms with Crippen molar-refractivity contribution in [1.82, 2.24) is 5.32 Å². The first kappa shape index (κ1) is 23.7. The summed E-state index contributed by atoms with van der Waals surface area (Å²) < 4.78 is 0. The molecule has 0 amide bonds. The van der Waals surface area contributed by atoms with Crippen LogP contribution in [0.25, 0.3) is 0 Å². The third kappa shape index (κ3) is 5.33. The van der Waals surface area contributed by atoms with Crippen LogP contribution in [-0.2, 0) is 4.79 Å². The minimum atomic E-state index is -0.276. The van der Waals surface area contributed by atoms with Crippen molar-refractivity contribution in [2.24, 2.45) is 28.6 Å². The van der Waals surface area contributed by atoms with Gasteiger partial charge in [-0.1, -0.05) is 54.9 Å². The second kappa shape index (κ2) is 8.33. The van der Waals surface area contributed by atoms with Gasteiger partial charge in [0.25, 0.3) is 0 Å². The summed E-state index contributed by atoms with van der Waals surface area (Å²) in [5, 5.41) is 3.65. The lowest BCUT2D eigenvalue weighted by atomic mass is 9.57. The van der Waals surface area contributed by atoms with E-state index in [1.54, 1.807) is 0 Å². The highest BCUT2D eigenvalue weighted by molar-refractivity contribution is 5.88. The molecule has 2 aliphatic carbocycles. The van der Waals surface area contributed by atoms with Crippen molar-refractivity contribution >= 4 is 5.78 Å². The molecule has 154 valence electrons. The van der Waals surface area contributed by atoms with Crippen molar-refractivity contribution < 1.29 is 4.79 Å². The highest BCUT2D eigenvalue weighted by atomic mass is 16.1. The summed E-state index contributed by atoms with van der Waals surface area (Å²) in [7, 11) is 0. The van der Waals surface area contributed by atoms with Crippen LogP contribution in [0.3, 0.4) is 0 Å². The van der Waals surface area contributed by atoms with Gasteiger partial charge in [0.15, 0.2) is 5.78 Å². The van der Waals surface area contributed by atoms with Crippen LogP contribution in [0, 0.1) is 28.6 Å². The fourth-order valence-corrected chi connectivity index (χ4v) is 5.87. The first-order valence-electron chi connectivity index (χ1n) is 10.7. The SMILES string of the molecule is C.CC1CC(CC(NC(C)(C)C)C(=O)C(C)(C)C)CC(C)C12CCCC2. The number of Topliss-reactive ketones (excluding diaryl/α,β-unsaturated/α-hetero) is 1. The molecular weight excluding hydrogens is 318 g/mol. The van der Waals surface area contributed by atoms with Crippen LogP contribution in [0.15, 0.2) is 0 Å². The first-order chi connectivity index (χ1) is 11.3. The van der Waals surface area contributed by atoms with Crippen LogP contribution in [0.4, 0.5) is 0 Å². The molecule has 0 aromatic heterocycles. The second-order valence-electron chi connectivity index (χ2n) is 11.4. The molecule has 2 rings (SSSR count). The normalized spacial score (nSPS) is 30.1. The monoisotopic (exact) mass is 365 g/mol. The molecule has 2 aliphatic rings. The Labute approximate surface area is 164 Å². The van der Waals surface area contributed by atoms with Gasteiger partial charge in [0.05, 0.1) is 6.04 Å². The zero-order valence-corrected chi connectivity index (χ0v) is 18.2. The van der Waals surface area contributed by atoms with Crippen LogP contribution in [0.5, 0.6) is 0 Å². The maximum atomic E-state index is 13.1. The predicted octanol–water partition coefficient (Wildman–Crippen LogP) is 6.63. The smallest absolute Gasteiger partial charge is 0.155 e. The van der Waals surface area contributed by atoms with Crippen LogP contribution >= 0.6 is 0 Å². The molecule has 1 N–H and O–H groups in total. The molecule has 0 radical (unpaired) electrons. The van der Waals surface area contributed by atoms with Crippen LogP contribution in [0.1, 0.15) is 108 Å². The Hall–Kier alpha value is -0.370. The van der Waals surface area contributed by atoms with Gasteiger partial charge in [0.2, 0.25) is 0 Å². The lowest BCUT2D eigenvalue weighted by Crippen LogP contribution is -2.52. The second-order valence-corrected chi connectivity index (χ2v) is 11.4. The van der Waals surface area contributed by atoms with E-state index in [-0.39, 0.29) is 24.4 Å². The van der Waals surface area contributed by atoms with Crippen molar-refractivity contribution in [3.8, 4) is 0 Å². The number of ketones is 1. The molecule has 26 heavy (non-hydrogen) atoms. The van der Waals surface area contributed by atoms with E-state index in [1.807, 2.05) is 0 Å². The quantitative estimate of drug-likeness (QED) is 0.606. The first-order valence-corrected chi connectivity index (χ1v) is 10.7. The predicted molar refractivity (Wildman–Crippen MR) is 114 cm³/mol. The summed E-state index contributed by atoms with van der Waals surface area (Å²) in [5.41, 5.74) is 0.309. The van der Waals surface area contributed by atoms with Crippen molar-refractivity contribution in [2.45, 2.75) is 119 Å². The Kier molecular flexibility index (Phi) is 7.58. The van der Waals surface area contributed by atoms with Crippen molar-refractivity contribution in [3.05, 3.63) is 0 Å². The van der Waals surface area contributed by atoms with Crippen LogP contribution in [0.2, 0.25) is 0 Å². The molecule has 0 aliphatic heterocycles. The van der Waals surface area contributed by atoms with Crippen molar-refractivity contribution in [2.75, 3.05) is 0 Å². The maximum absolute atomic E-state index is 13.1. The highest BCUT2D eigenvalue weighted by Gasteiger charge is 2.48. The Morgan fingerprint density at radius 1 is 1.00 bits per heavy atom. The lowest BCUT2D eigenvalue weighted by Gasteiger charge is -2.49. The molecule has 0 aromatic rings. The van der Waals surface area contributed by atoms with Gasteiger partial charge >= 0.3 is 0 Å². The number of nitrogens with one attached hydrogen (secondary N) is 1. The molecule has 0 aromatic carbocycles.